The molecule has 0 bridgehead atoms. The van der Waals surface area contributed by atoms with Gasteiger partial charge in [-0.3, -0.25) is 0 Å². The number of hydrogen-bond donors (Lipinski definition) is 0. The van der Waals surface area contributed by atoms with Gasteiger partial charge in [0.15, 0.2) is 0 Å². The molecule has 3 atom stereocenters. The molecule has 0 heterocycles. The topological polar surface area (TPSA) is 17.1 Å². The van der Waals surface area contributed by atoms with E-state index in [1.54, 1.807) is 0 Å². The van der Waals surface area contributed by atoms with Crippen LogP contribution in [0.2, 0.25) is 0 Å². The molecule has 27 heavy (non-hydrogen) atoms. The molecule has 0 aromatic carbocycles. The minimum absolute atomic E-state index is 0.0722. The third kappa shape index (κ3) is 11.3. The number of rotatable bonds is 19. The van der Waals surface area contributed by atoms with Crippen LogP contribution in [0.1, 0.15) is 138 Å². The van der Waals surface area contributed by atoms with Crippen molar-refractivity contribution in [2.75, 3.05) is 0 Å². The standard InChI is InChI=1S/C26H52O/c1-7-13-16-23(10-4)19-26(22-27,20-24(11-5)17-14-8-2)21-25(12-6)18-15-9-3/h22-25H,7-21H2,1-6H3. The van der Waals surface area contributed by atoms with Crippen molar-refractivity contribution in [2.45, 2.75) is 138 Å². The zero-order chi connectivity index (χ0) is 20.5. The highest BCUT2D eigenvalue weighted by atomic mass is 16.1. The Morgan fingerprint density at radius 1 is 0.593 bits per heavy atom. The average molecular weight is 381 g/mol. The van der Waals surface area contributed by atoms with Crippen LogP contribution in [0, 0.1) is 23.2 Å². The van der Waals surface area contributed by atoms with E-state index >= 15 is 0 Å². The molecule has 0 saturated carbocycles. The van der Waals surface area contributed by atoms with Gasteiger partial charge in [0.05, 0.1) is 0 Å². The lowest BCUT2D eigenvalue weighted by atomic mass is 9.66. The maximum absolute atomic E-state index is 12.6. The molecule has 0 radical (unpaired) electrons. The normalized spacial score (nSPS) is 17.3. The van der Waals surface area contributed by atoms with E-state index < -0.39 is 0 Å². The summed E-state index contributed by atoms with van der Waals surface area (Å²) in [7, 11) is 0. The van der Waals surface area contributed by atoms with Crippen LogP contribution in [0.3, 0.4) is 0 Å². The van der Waals surface area contributed by atoms with Gasteiger partial charge in [0.1, 0.15) is 6.29 Å². The molecule has 0 aliphatic rings. The maximum Gasteiger partial charge on any atom is 0.126 e. The summed E-state index contributed by atoms with van der Waals surface area (Å²) in [4.78, 5) is 12.6. The van der Waals surface area contributed by atoms with Gasteiger partial charge in [0, 0.05) is 5.41 Å². The quantitative estimate of drug-likeness (QED) is 0.204. The molecule has 0 aromatic heterocycles. The van der Waals surface area contributed by atoms with Gasteiger partial charge in [0.2, 0.25) is 0 Å². The minimum atomic E-state index is -0.0722. The van der Waals surface area contributed by atoms with E-state index in [-0.39, 0.29) is 5.41 Å². The SMILES string of the molecule is CCCCC(CC)CC(C=O)(CC(CC)CCCC)CC(CC)CCCC. The monoisotopic (exact) mass is 380 g/mol. The molecular formula is C26H52O. The number of aldehydes is 1. The summed E-state index contributed by atoms with van der Waals surface area (Å²) in [5, 5.41) is 0. The molecule has 3 unspecified atom stereocenters. The summed E-state index contributed by atoms with van der Waals surface area (Å²) in [6.07, 6.45) is 20.2. The predicted molar refractivity (Wildman–Crippen MR) is 122 cm³/mol. The molecule has 0 saturated heterocycles. The van der Waals surface area contributed by atoms with Gasteiger partial charge in [-0.05, 0) is 37.0 Å². The van der Waals surface area contributed by atoms with Crippen LogP contribution in [0.4, 0.5) is 0 Å². The molecule has 162 valence electrons. The van der Waals surface area contributed by atoms with Crippen molar-refractivity contribution in [2.24, 2.45) is 23.2 Å². The predicted octanol–water partition coefficient (Wildman–Crippen LogP) is 8.99. The zero-order valence-corrected chi connectivity index (χ0v) is 19.8. The van der Waals surface area contributed by atoms with Crippen molar-refractivity contribution in [3.05, 3.63) is 0 Å². The fraction of sp³-hybridized carbons (Fsp3) is 0.962. The first-order valence-corrected chi connectivity index (χ1v) is 12.5. The number of carbonyl (C=O) groups excluding carboxylic acids is 1. The van der Waals surface area contributed by atoms with E-state index in [1.165, 1.54) is 83.3 Å². The Balaban J connectivity index is 5.39. The van der Waals surface area contributed by atoms with Crippen LogP contribution in [0.15, 0.2) is 0 Å². The third-order valence-corrected chi connectivity index (χ3v) is 6.97. The molecule has 0 fully saturated rings. The molecule has 0 rings (SSSR count). The largest absolute Gasteiger partial charge is 0.303 e. The second-order valence-corrected chi connectivity index (χ2v) is 9.34. The van der Waals surface area contributed by atoms with E-state index in [2.05, 4.69) is 41.5 Å². The molecule has 0 aliphatic carbocycles. The second kappa shape index (κ2) is 16.6. The molecule has 1 heteroatoms. The van der Waals surface area contributed by atoms with E-state index in [4.69, 9.17) is 0 Å². The van der Waals surface area contributed by atoms with Gasteiger partial charge >= 0.3 is 0 Å². The Labute approximate surface area is 172 Å². The van der Waals surface area contributed by atoms with Crippen molar-refractivity contribution in [3.63, 3.8) is 0 Å². The Bertz CT molecular complexity index is 290. The van der Waals surface area contributed by atoms with Crippen LogP contribution in [-0.4, -0.2) is 6.29 Å². The van der Waals surface area contributed by atoms with E-state index in [9.17, 15) is 4.79 Å². The molecule has 0 amide bonds. The van der Waals surface area contributed by atoms with Crippen molar-refractivity contribution in [1.29, 1.82) is 0 Å². The fourth-order valence-electron chi connectivity index (χ4n) is 4.95. The highest BCUT2D eigenvalue weighted by molar-refractivity contribution is 5.59. The summed E-state index contributed by atoms with van der Waals surface area (Å²) < 4.78 is 0. The third-order valence-electron chi connectivity index (χ3n) is 6.97. The summed E-state index contributed by atoms with van der Waals surface area (Å²) in [6.45, 7) is 13.9. The molecule has 0 N–H and O–H groups in total. The Morgan fingerprint density at radius 3 is 1.07 bits per heavy atom. The summed E-state index contributed by atoms with van der Waals surface area (Å²) >= 11 is 0. The second-order valence-electron chi connectivity index (χ2n) is 9.34. The summed E-state index contributed by atoms with van der Waals surface area (Å²) in [5.74, 6) is 2.17. The van der Waals surface area contributed by atoms with E-state index in [0.717, 1.165) is 37.0 Å². The van der Waals surface area contributed by atoms with Gasteiger partial charge in [0.25, 0.3) is 0 Å². The first-order chi connectivity index (χ1) is 13.0. The van der Waals surface area contributed by atoms with Gasteiger partial charge in [-0.2, -0.15) is 0 Å². The minimum Gasteiger partial charge on any atom is -0.303 e. The zero-order valence-electron chi connectivity index (χ0n) is 19.8. The van der Waals surface area contributed by atoms with Crippen molar-refractivity contribution in [3.8, 4) is 0 Å². The van der Waals surface area contributed by atoms with Crippen LogP contribution >= 0.6 is 0 Å². The van der Waals surface area contributed by atoms with Crippen molar-refractivity contribution < 1.29 is 4.79 Å². The lowest BCUT2D eigenvalue weighted by molar-refractivity contribution is -0.119. The molecule has 1 nitrogen and oxygen atoms in total. The highest BCUT2D eigenvalue weighted by Gasteiger charge is 2.36. The number of carbonyl (C=O) groups is 1. The summed E-state index contributed by atoms with van der Waals surface area (Å²) in [6, 6.07) is 0. The van der Waals surface area contributed by atoms with Gasteiger partial charge in [-0.25, -0.2) is 0 Å². The summed E-state index contributed by atoms with van der Waals surface area (Å²) in [5.41, 5.74) is -0.0722. The smallest absolute Gasteiger partial charge is 0.126 e. The van der Waals surface area contributed by atoms with Gasteiger partial charge < -0.3 is 4.79 Å². The lowest BCUT2D eigenvalue weighted by Gasteiger charge is -2.37. The number of unbranched alkanes of at least 4 members (excludes halogenated alkanes) is 3. The fourth-order valence-corrected chi connectivity index (χ4v) is 4.95. The molecular weight excluding hydrogens is 328 g/mol. The van der Waals surface area contributed by atoms with Crippen LogP contribution in [0.25, 0.3) is 0 Å². The van der Waals surface area contributed by atoms with Crippen LogP contribution < -0.4 is 0 Å². The first-order valence-electron chi connectivity index (χ1n) is 12.5. The Kier molecular flexibility index (Phi) is 16.4. The molecule has 0 aromatic rings. The van der Waals surface area contributed by atoms with Crippen molar-refractivity contribution >= 4 is 6.29 Å². The van der Waals surface area contributed by atoms with Crippen LogP contribution in [0.5, 0.6) is 0 Å². The van der Waals surface area contributed by atoms with Crippen molar-refractivity contribution in [1.82, 2.24) is 0 Å². The first kappa shape index (κ1) is 26.7. The Hall–Kier alpha value is -0.330. The molecule has 0 spiro atoms. The average Bonchev–Trinajstić information content (AvgIpc) is 2.70. The highest BCUT2D eigenvalue weighted by Crippen LogP contribution is 2.43. The lowest BCUT2D eigenvalue weighted by Crippen LogP contribution is -2.31. The Morgan fingerprint density at radius 2 is 0.889 bits per heavy atom. The van der Waals surface area contributed by atoms with E-state index in [1.807, 2.05) is 0 Å². The van der Waals surface area contributed by atoms with Crippen LogP contribution in [-0.2, 0) is 4.79 Å². The van der Waals surface area contributed by atoms with Gasteiger partial charge in [-0.1, -0.05) is 119 Å². The van der Waals surface area contributed by atoms with Gasteiger partial charge in [-0.15, -0.1) is 0 Å². The van der Waals surface area contributed by atoms with E-state index in [0.29, 0.717) is 0 Å². The maximum atomic E-state index is 12.6. The molecule has 0 aliphatic heterocycles. The number of hydrogen-bond acceptors (Lipinski definition) is 1.